The third-order valence-corrected chi connectivity index (χ3v) is 3.74. The molecule has 0 saturated carbocycles. The van der Waals surface area contributed by atoms with Gasteiger partial charge in [-0.3, -0.25) is 9.18 Å². The fourth-order valence-electron chi connectivity index (χ4n) is 2.40. The Morgan fingerprint density at radius 2 is 1.96 bits per heavy atom. The number of anilines is 3. The summed E-state index contributed by atoms with van der Waals surface area (Å²) in [5.74, 6) is 1.32. The molecule has 5 nitrogen and oxygen atoms in total. The van der Waals surface area contributed by atoms with Crippen LogP contribution < -0.4 is 19.7 Å². The number of hydrogen-bond acceptors (Lipinski definition) is 4. The number of ether oxygens (including phenoxy) is 2. The molecule has 2 aromatic carbocycles. The second kappa shape index (κ2) is 7.21. The van der Waals surface area contributed by atoms with Gasteiger partial charge in [-0.05, 0) is 36.4 Å². The zero-order valence-electron chi connectivity index (χ0n) is 13.4. The van der Waals surface area contributed by atoms with E-state index in [9.17, 15) is 9.18 Å². The molecule has 0 fully saturated rings. The van der Waals surface area contributed by atoms with E-state index in [1.54, 1.807) is 11.9 Å². The van der Waals surface area contributed by atoms with Crippen LogP contribution >= 0.6 is 0 Å². The van der Waals surface area contributed by atoms with E-state index in [0.717, 1.165) is 17.1 Å². The van der Waals surface area contributed by atoms with Gasteiger partial charge in [0.15, 0.2) is 6.61 Å². The summed E-state index contributed by atoms with van der Waals surface area (Å²) in [4.78, 5) is 13.2. The van der Waals surface area contributed by atoms with Crippen LogP contribution in [0.1, 0.15) is 6.42 Å². The van der Waals surface area contributed by atoms with Crippen LogP contribution in [0.4, 0.5) is 21.5 Å². The number of rotatable bonds is 6. The van der Waals surface area contributed by atoms with Gasteiger partial charge in [-0.1, -0.05) is 0 Å². The highest BCUT2D eigenvalue weighted by Crippen LogP contribution is 2.34. The monoisotopic (exact) mass is 330 g/mol. The lowest BCUT2D eigenvalue weighted by atomic mass is 10.2. The molecule has 0 unspecified atom stereocenters. The summed E-state index contributed by atoms with van der Waals surface area (Å²) in [7, 11) is 1.73. The molecule has 6 heteroatoms. The third kappa shape index (κ3) is 3.59. The molecule has 0 spiro atoms. The Morgan fingerprint density at radius 3 is 2.71 bits per heavy atom. The fourth-order valence-corrected chi connectivity index (χ4v) is 2.40. The first-order chi connectivity index (χ1) is 11.7. The molecule has 0 aliphatic carbocycles. The maximum Gasteiger partial charge on any atom is 0.264 e. The van der Waals surface area contributed by atoms with E-state index in [1.807, 2.05) is 42.5 Å². The zero-order valence-corrected chi connectivity index (χ0v) is 13.4. The van der Waals surface area contributed by atoms with Crippen molar-refractivity contribution < 1.29 is 18.7 Å². The SMILES string of the molecule is CN1C(=O)COc2cc(Nc3ccc(OCCCF)cc3)ccc21. The van der Waals surface area contributed by atoms with Crippen molar-refractivity contribution in [3.63, 3.8) is 0 Å². The molecular weight excluding hydrogens is 311 g/mol. The number of fused-ring (bicyclic) bond motifs is 1. The van der Waals surface area contributed by atoms with Crippen molar-refractivity contribution in [2.24, 2.45) is 0 Å². The minimum absolute atomic E-state index is 0.0534. The van der Waals surface area contributed by atoms with E-state index < -0.39 is 0 Å². The summed E-state index contributed by atoms with van der Waals surface area (Å²) in [6.07, 6.45) is 0.395. The first kappa shape index (κ1) is 16.1. The molecule has 126 valence electrons. The molecule has 2 aromatic rings. The Balaban J connectivity index is 1.67. The molecule has 1 aliphatic heterocycles. The number of amides is 1. The second-order valence-electron chi connectivity index (χ2n) is 5.46. The minimum atomic E-state index is -0.374. The average molecular weight is 330 g/mol. The number of nitrogens with zero attached hydrogens (tertiary/aromatic N) is 1. The predicted octanol–water partition coefficient (Wildman–Crippen LogP) is 3.52. The minimum Gasteiger partial charge on any atom is -0.493 e. The number of likely N-dealkylation sites (N-methyl/N-ethyl adjacent to an activating group) is 1. The van der Waals surface area contributed by atoms with Crippen LogP contribution in [0.15, 0.2) is 42.5 Å². The topological polar surface area (TPSA) is 50.8 Å². The lowest BCUT2D eigenvalue weighted by Gasteiger charge is -2.26. The number of carbonyl (C=O) groups is 1. The van der Waals surface area contributed by atoms with E-state index in [4.69, 9.17) is 9.47 Å². The van der Waals surface area contributed by atoms with Crippen molar-refractivity contribution in [2.45, 2.75) is 6.42 Å². The van der Waals surface area contributed by atoms with Gasteiger partial charge < -0.3 is 19.7 Å². The van der Waals surface area contributed by atoms with E-state index in [0.29, 0.717) is 24.5 Å². The zero-order chi connectivity index (χ0) is 16.9. The Kier molecular flexibility index (Phi) is 4.84. The molecule has 0 radical (unpaired) electrons. The summed E-state index contributed by atoms with van der Waals surface area (Å²) >= 11 is 0. The van der Waals surface area contributed by atoms with Gasteiger partial charge in [0.2, 0.25) is 0 Å². The fraction of sp³-hybridized carbons (Fsp3) is 0.278. The standard InChI is InChI=1S/C18H19FN2O3/c1-21-16-8-5-14(11-17(16)24-12-18(21)22)20-13-3-6-15(7-4-13)23-10-2-9-19/h3-8,11,20H,2,9-10,12H2,1H3. The second-order valence-corrected chi connectivity index (χ2v) is 5.46. The molecule has 0 saturated heterocycles. The lowest BCUT2D eigenvalue weighted by Crippen LogP contribution is -2.35. The summed E-state index contributed by atoms with van der Waals surface area (Å²) in [6, 6.07) is 13.1. The van der Waals surface area contributed by atoms with Crippen LogP contribution in [0.3, 0.4) is 0 Å². The summed E-state index contributed by atoms with van der Waals surface area (Å²) < 4.78 is 22.9. The molecule has 3 rings (SSSR count). The summed E-state index contributed by atoms with van der Waals surface area (Å²) in [5.41, 5.74) is 2.52. The molecule has 0 aromatic heterocycles. The highest BCUT2D eigenvalue weighted by atomic mass is 19.1. The molecule has 1 N–H and O–H groups in total. The van der Waals surface area contributed by atoms with E-state index >= 15 is 0 Å². The van der Waals surface area contributed by atoms with E-state index in [-0.39, 0.29) is 19.2 Å². The number of alkyl halides is 1. The Hall–Kier alpha value is -2.76. The molecule has 24 heavy (non-hydrogen) atoms. The van der Waals surface area contributed by atoms with Crippen LogP contribution in [-0.4, -0.2) is 32.8 Å². The first-order valence-corrected chi connectivity index (χ1v) is 7.76. The van der Waals surface area contributed by atoms with Gasteiger partial charge in [-0.2, -0.15) is 0 Å². The van der Waals surface area contributed by atoms with Crippen LogP contribution in [0.25, 0.3) is 0 Å². The number of nitrogens with one attached hydrogen (secondary N) is 1. The predicted molar refractivity (Wildman–Crippen MR) is 91.2 cm³/mol. The smallest absolute Gasteiger partial charge is 0.264 e. The number of hydrogen-bond donors (Lipinski definition) is 1. The number of benzene rings is 2. The molecule has 1 heterocycles. The van der Waals surface area contributed by atoms with Crippen LogP contribution in [0.2, 0.25) is 0 Å². The Labute approximate surface area is 140 Å². The van der Waals surface area contributed by atoms with Crippen molar-refractivity contribution in [3.05, 3.63) is 42.5 Å². The van der Waals surface area contributed by atoms with Gasteiger partial charge in [0.25, 0.3) is 5.91 Å². The van der Waals surface area contributed by atoms with Gasteiger partial charge in [-0.15, -0.1) is 0 Å². The van der Waals surface area contributed by atoms with E-state index in [2.05, 4.69) is 5.32 Å². The van der Waals surface area contributed by atoms with Gasteiger partial charge in [0.05, 0.1) is 19.0 Å². The average Bonchev–Trinajstić information content (AvgIpc) is 2.60. The van der Waals surface area contributed by atoms with Crippen LogP contribution in [-0.2, 0) is 4.79 Å². The molecular formula is C18H19FN2O3. The molecule has 1 amide bonds. The highest BCUT2D eigenvalue weighted by Gasteiger charge is 2.22. The van der Waals surface area contributed by atoms with Gasteiger partial charge >= 0.3 is 0 Å². The largest absolute Gasteiger partial charge is 0.493 e. The van der Waals surface area contributed by atoms with Gasteiger partial charge in [0, 0.05) is 30.9 Å². The van der Waals surface area contributed by atoms with Crippen molar-refractivity contribution in [3.8, 4) is 11.5 Å². The Bertz CT molecular complexity index is 719. The van der Waals surface area contributed by atoms with Gasteiger partial charge in [0.1, 0.15) is 11.5 Å². The normalized spacial score (nSPS) is 13.2. The molecule has 1 aliphatic rings. The van der Waals surface area contributed by atoms with Crippen molar-refractivity contribution in [1.29, 1.82) is 0 Å². The third-order valence-electron chi connectivity index (χ3n) is 3.74. The van der Waals surface area contributed by atoms with Crippen molar-refractivity contribution >= 4 is 23.0 Å². The van der Waals surface area contributed by atoms with Gasteiger partial charge in [-0.25, -0.2) is 0 Å². The lowest BCUT2D eigenvalue weighted by molar-refractivity contribution is -0.120. The molecule has 0 atom stereocenters. The molecule has 0 bridgehead atoms. The maximum atomic E-state index is 12.0. The number of halogens is 1. The van der Waals surface area contributed by atoms with Crippen molar-refractivity contribution in [1.82, 2.24) is 0 Å². The maximum absolute atomic E-state index is 12.0. The number of carbonyl (C=O) groups excluding carboxylic acids is 1. The van der Waals surface area contributed by atoms with Crippen LogP contribution in [0, 0.1) is 0 Å². The van der Waals surface area contributed by atoms with Crippen molar-refractivity contribution in [2.75, 3.05) is 37.2 Å². The quantitative estimate of drug-likeness (QED) is 0.823. The summed E-state index contributed by atoms with van der Waals surface area (Å²) in [6.45, 7) is 0.0520. The summed E-state index contributed by atoms with van der Waals surface area (Å²) in [5, 5.41) is 3.28. The van der Waals surface area contributed by atoms with Crippen LogP contribution in [0.5, 0.6) is 11.5 Å². The highest BCUT2D eigenvalue weighted by molar-refractivity contribution is 5.97. The van der Waals surface area contributed by atoms with E-state index in [1.165, 1.54) is 0 Å². The first-order valence-electron chi connectivity index (χ1n) is 7.76. The Morgan fingerprint density at radius 1 is 1.21 bits per heavy atom.